The van der Waals surface area contributed by atoms with Crippen LogP contribution in [0.25, 0.3) is 0 Å². The highest BCUT2D eigenvalue weighted by Crippen LogP contribution is 2.51. The molecule has 2 aromatic carbocycles. The number of hydrogen-bond donors (Lipinski definition) is 1. The smallest absolute Gasteiger partial charge is 0.416 e. The van der Waals surface area contributed by atoms with Crippen LogP contribution >= 0.6 is 0 Å². The van der Waals surface area contributed by atoms with Gasteiger partial charge in [-0.05, 0) is 85.4 Å². The molecule has 240 valence electrons. The highest BCUT2D eigenvalue weighted by molar-refractivity contribution is 6.10. The van der Waals surface area contributed by atoms with E-state index in [1.807, 2.05) is 13.0 Å². The van der Waals surface area contributed by atoms with Crippen LogP contribution in [0.1, 0.15) is 104 Å². The van der Waals surface area contributed by atoms with E-state index in [1.165, 1.54) is 17.3 Å². The molecule has 0 spiro atoms. The SMILES string of the molecule is Cn1cnnc1C1(c2cccc(N3Cc4c(cc(C(NC(=O)OC5(C)CCC5)C(C)(C)C)cc4C(F)(F)F)C3=O)c2)CC(F)C1. The molecular weight excluding hydrogens is 590 g/mol. The molecule has 2 amide bonds. The van der Waals surface area contributed by atoms with E-state index in [9.17, 15) is 27.2 Å². The normalized spacial score (nSPS) is 23.2. The van der Waals surface area contributed by atoms with E-state index in [0.717, 1.165) is 25.3 Å². The molecule has 3 aliphatic rings. The molecule has 2 heterocycles. The van der Waals surface area contributed by atoms with Crippen molar-refractivity contribution in [2.75, 3.05) is 4.90 Å². The summed E-state index contributed by atoms with van der Waals surface area (Å²) in [6, 6.07) is 8.55. The molecule has 3 aromatic rings. The summed E-state index contributed by atoms with van der Waals surface area (Å²) in [6.07, 6.45) is -2.22. The second-order valence-corrected chi connectivity index (χ2v) is 14.0. The predicted octanol–water partition coefficient (Wildman–Crippen LogP) is 7.17. The molecule has 1 N–H and O–H groups in total. The third kappa shape index (κ3) is 5.46. The summed E-state index contributed by atoms with van der Waals surface area (Å²) in [5.41, 5.74) is -1.93. The minimum atomic E-state index is -4.75. The Morgan fingerprint density at radius 1 is 1.13 bits per heavy atom. The number of ether oxygens (including phenoxy) is 1. The van der Waals surface area contributed by atoms with Crippen molar-refractivity contribution in [2.45, 2.75) is 95.7 Å². The number of rotatable bonds is 6. The number of amides is 2. The van der Waals surface area contributed by atoms with Gasteiger partial charge in [0, 0.05) is 18.3 Å². The van der Waals surface area contributed by atoms with Gasteiger partial charge in [-0.1, -0.05) is 32.9 Å². The third-order valence-electron chi connectivity index (χ3n) is 9.57. The molecule has 2 fully saturated rings. The van der Waals surface area contributed by atoms with E-state index >= 15 is 0 Å². The molecule has 2 aliphatic carbocycles. The third-order valence-corrected chi connectivity index (χ3v) is 9.57. The zero-order valence-electron chi connectivity index (χ0n) is 26.0. The predicted molar refractivity (Wildman–Crippen MR) is 158 cm³/mol. The summed E-state index contributed by atoms with van der Waals surface area (Å²) in [5.74, 6) is -0.00413. The van der Waals surface area contributed by atoms with Gasteiger partial charge in [-0.2, -0.15) is 13.2 Å². The zero-order chi connectivity index (χ0) is 32.5. The molecule has 2 saturated carbocycles. The number of aryl methyl sites for hydroxylation is 1. The van der Waals surface area contributed by atoms with Gasteiger partial charge in [0.1, 0.15) is 23.9 Å². The average molecular weight is 628 g/mol. The minimum absolute atomic E-state index is 0.0731. The van der Waals surface area contributed by atoms with Crippen LogP contribution in [0.5, 0.6) is 0 Å². The fourth-order valence-electron chi connectivity index (χ4n) is 6.94. The van der Waals surface area contributed by atoms with Crippen molar-refractivity contribution >= 4 is 17.7 Å². The summed E-state index contributed by atoms with van der Waals surface area (Å²) in [5, 5.41) is 11.0. The summed E-state index contributed by atoms with van der Waals surface area (Å²) in [6.45, 7) is 6.95. The Labute approximate surface area is 259 Å². The first-order valence-electron chi connectivity index (χ1n) is 15.2. The number of aromatic nitrogens is 3. The molecule has 0 saturated heterocycles. The summed E-state index contributed by atoms with van der Waals surface area (Å²) >= 11 is 0. The van der Waals surface area contributed by atoms with E-state index in [2.05, 4.69) is 15.5 Å². The van der Waals surface area contributed by atoms with Crippen LogP contribution < -0.4 is 10.2 Å². The van der Waals surface area contributed by atoms with Crippen molar-refractivity contribution in [1.29, 1.82) is 0 Å². The summed E-state index contributed by atoms with van der Waals surface area (Å²) in [7, 11) is 1.77. The van der Waals surface area contributed by atoms with Gasteiger partial charge in [0.05, 0.1) is 23.6 Å². The number of halogens is 4. The zero-order valence-corrected chi connectivity index (χ0v) is 26.0. The number of carbonyl (C=O) groups is 2. The van der Waals surface area contributed by atoms with Gasteiger partial charge in [-0.15, -0.1) is 10.2 Å². The molecule has 1 aromatic heterocycles. The number of alkyl halides is 4. The Kier molecular flexibility index (Phi) is 7.28. The van der Waals surface area contributed by atoms with Crippen LogP contribution in [0.3, 0.4) is 0 Å². The van der Waals surface area contributed by atoms with E-state index in [4.69, 9.17) is 4.74 Å². The van der Waals surface area contributed by atoms with Gasteiger partial charge in [-0.25, -0.2) is 9.18 Å². The Balaban J connectivity index is 1.36. The van der Waals surface area contributed by atoms with Crippen molar-refractivity contribution < 1.29 is 31.9 Å². The number of carbonyl (C=O) groups excluding carboxylic acids is 2. The molecule has 1 aliphatic heterocycles. The standard InChI is InChI=1S/C33H37F4N5O3/c1-30(2,3)26(39-29(44)45-31(4)10-7-11-31)19-12-23-24(25(13-19)33(35,36)37)17-42(27(23)43)22-9-6-8-20(14-22)32(15-21(34)16-32)28-40-38-18-41(28)5/h6,8-9,12-14,18,21,26H,7,10-11,15-17H2,1-5H3,(H,39,44). The molecule has 1 unspecified atom stereocenters. The second kappa shape index (κ2) is 10.6. The lowest BCUT2D eigenvalue weighted by Gasteiger charge is -2.43. The second-order valence-electron chi connectivity index (χ2n) is 14.0. The summed E-state index contributed by atoms with van der Waals surface area (Å²) < 4.78 is 65.4. The summed E-state index contributed by atoms with van der Waals surface area (Å²) in [4.78, 5) is 28.1. The van der Waals surface area contributed by atoms with Crippen LogP contribution in [0.2, 0.25) is 0 Å². The molecule has 0 bridgehead atoms. The van der Waals surface area contributed by atoms with E-state index in [0.29, 0.717) is 17.1 Å². The van der Waals surface area contributed by atoms with Crippen molar-refractivity contribution in [1.82, 2.24) is 20.1 Å². The highest BCUT2D eigenvalue weighted by atomic mass is 19.4. The largest absolute Gasteiger partial charge is 0.443 e. The van der Waals surface area contributed by atoms with Gasteiger partial charge >= 0.3 is 12.3 Å². The van der Waals surface area contributed by atoms with Crippen molar-refractivity contribution in [2.24, 2.45) is 12.5 Å². The lowest BCUT2D eigenvalue weighted by Crippen LogP contribution is -2.45. The molecule has 1 atom stereocenters. The average Bonchev–Trinajstić information content (AvgIpc) is 3.50. The van der Waals surface area contributed by atoms with Gasteiger partial charge in [0.25, 0.3) is 5.91 Å². The number of nitrogens with zero attached hydrogens (tertiary/aromatic N) is 4. The number of nitrogens with one attached hydrogen (secondary N) is 1. The Morgan fingerprint density at radius 3 is 2.40 bits per heavy atom. The van der Waals surface area contributed by atoms with Crippen molar-refractivity contribution in [3.8, 4) is 0 Å². The maximum Gasteiger partial charge on any atom is 0.416 e. The van der Waals surface area contributed by atoms with Crippen molar-refractivity contribution in [3.63, 3.8) is 0 Å². The Bertz CT molecular complexity index is 1650. The lowest BCUT2D eigenvalue weighted by molar-refractivity contribution is -0.138. The van der Waals surface area contributed by atoms with Crippen LogP contribution in [0.15, 0.2) is 42.7 Å². The quantitative estimate of drug-likeness (QED) is 0.293. The first kappa shape index (κ1) is 31.0. The van der Waals surface area contributed by atoms with Crippen LogP contribution in [0, 0.1) is 5.41 Å². The molecular formula is C33H37F4N5O3. The number of fused-ring (bicyclic) bond motifs is 1. The van der Waals surface area contributed by atoms with Crippen LogP contribution in [-0.4, -0.2) is 38.5 Å². The van der Waals surface area contributed by atoms with Crippen molar-refractivity contribution in [3.05, 3.63) is 76.4 Å². The fourth-order valence-corrected chi connectivity index (χ4v) is 6.94. The molecule has 6 rings (SSSR count). The first-order chi connectivity index (χ1) is 21.0. The number of anilines is 1. The lowest BCUT2D eigenvalue weighted by atomic mass is 9.62. The Hall–Kier alpha value is -3.96. The molecule has 8 nitrogen and oxygen atoms in total. The maximum atomic E-state index is 14.6. The Morgan fingerprint density at radius 2 is 1.84 bits per heavy atom. The number of benzene rings is 2. The van der Waals surface area contributed by atoms with E-state index in [1.54, 1.807) is 50.6 Å². The monoisotopic (exact) mass is 627 g/mol. The highest BCUT2D eigenvalue weighted by Gasteiger charge is 2.51. The van der Waals surface area contributed by atoms with E-state index in [-0.39, 0.29) is 36.1 Å². The number of alkyl carbamates (subject to hydrolysis) is 1. The maximum absolute atomic E-state index is 14.6. The molecule has 0 radical (unpaired) electrons. The number of hydrogen-bond acceptors (Lipinski definition) is 5. The topological polar surface area (TPSA) is 89.3 Å². The fraction of sp³-hybridized carbons (Fsp3) is 0.515. The minimum Gasteiger partial charge on any atom is -0.443 e. The van der Waals surface area contributed by atoms with Gasteiger partial charge in [-0.3, -0.25) is 4.79 Å². The van der Waals surface area contributed by atoms with Crippen LogP contribution in [0.4, 0.5) is 28.0 Å². The first-order valence-corrected chi connectivity index (χ1v) is 15.2. The van der Waals surface area contributed by atoms with Gasteiger partial charge in [0.2, 0.25) is 0 Å². The van der Waals surface area contributed by atoms with Gasteiger partial charge < -0.3 is 19.5 Å². The van der Waals surface area contributed by atoms with Crippen LogP contribution in [-0.2, 0) is 29.9 Å². The molecule has 12 heteroatoms. The molecule has 45 heavy (non-hydrogen) atoms. The van der Waals surface area contributed by atoms with Gasteiger partial charge in [0.15, 0.2) is 0 Å². The van der Waals surface area contributed by atoms with E-state index < -0.39 is 52.4 Å².